The molecule has 0 aliphatic heterocycles. The highest BCUT2D eigenvalue weighted by Gasteiger charge is 2.37. The van der Waals surface area contributed by atoms with Crippen molar-refractivity contribution in [2.24, 2.45) is 5.92 Å². The molecular weight excluding hydrogens is 236 g/mol. The smallest absolute Gasteiger partial charge is 0.191 e. The lowest BCUT2D eigenvalue weighted by molar-refractivity contribution is 0.0374. The van der Waals surface area contributed by atoms with Crippen LogP contribution >= 0.6 is 0 Å². The number of ketones is 1. The van der Waals surface area contributed by atoms with Crippen LogP contribution in [0, 0.1) is 5.92 Å². The molecule has 1 saturated carbocycles. The van der Waals surface area contributed by atoms with Gasteiger partial charge in [0, 0.05) is 12.2 Å². The van der Waals surface area contributed by atoms with Crippen molar-refractivity contribution in [1.82, 2.24) is 0 Å². The maximum absolute atomic E-state index is 12.5. The van der Waals surface area contributed by atoms with Crippen LogP contribution in [0.25, 0.3) is 0 Å². The van der Waals surface area contributed by atoms with Gasteiger partial charge in [0.2, 0.25) is 0 Å². The minimum absolute atomic E-state index is 0.122. The molecule has 1 unspecified atom stereocenters. The van der Waals surface area contributed by atoms with E-state index in [0.717, 1.165) is 18.4 Å². The van der Waals surface area contributed by atoms with Gasteiger partial charge in [0.1, 0.15) is 6.10 Å². The summed E-state index contributed by atoms with van der Waals surface area (Å²) in [5.74, 6) is 0.583. The van der Waals surface area contributed by atoms with E-state index in [2.05, 4.69) is 32.9 Å². The lowest BCUT2D eigenvalue weighted by Crippen LogP contribution is -2.26. The van der Waals surface area contributed by atoms with Gasteiger partial charge >= 0.3 is 0 Å². The second-order valence-corrected chi connectivity index (χ2v) is 6.40. The predicted molar refractivity (Wildman–Crippen MR) is 77.6 cm³/mol. The molecule has 0 N–H and O–H groups in total. The zero-order valence-corrected chi connectivity index (χ0v) is 12.4. The molecule has 2 nitrogen and oxygen atoms in total. The highest BCUT2D eigenvalue weighted by atomic mass is 16.5. The van der Waals surface area contributed by atoms with Crippen molar-refractivity contribution in [1.29, 1.82) is 0 Å². The quantitative estimate of drug-likeness (QED) is 0.748. The zero-order chi connectivity index (χ0) is 14.0. The molecule has 1 fully saturated rings. The van der Waals surface area contributed by atoms with E-state index in [0.29, 0.717) is 12.5 Å². The number of benzene rings is 1. The Morgan fingerprint density at radius 1 is 1.26 bits per heavy atom. The van der Waals surface area contributed by atoms with Crippen LogP contribution in [0.4, 0.5) is 0 Å². The maximum atomic E-state index is 12.5. The van der Waals surface area contributed by atoms with Crippen molar-refractivity contribution < 1.29 is 9.53 Å². The van der Waals surface area contributed by atoms with Crippen molar-refractivity contribution in [3.8, 4) is 0 Å². The summed E-state index contributed by atoms with van der Waals surface area (Å²) < 4.78 is 5.63. The van der Waals surface area contributed by atoms with E-state index in [1.807, 2.05) is 19.1 Å². The van der Waals surface area contributed by atoms with Crippen LogP contribution in [0.2, 0.25) is 0 Å². The number of Topliss-reactive ketones (excluding diaryl/α,β-unsaturated/α-hetero) is 1. The summed E-state index contributed by atoms with van der Waals surface area (Å²) in [5.41, 5.74) is 2.15. The van der Waals surface area contributed by atoms with E-state index >= 15 is 0 Å². The van der Waals surface area contributed by atoms with Gasteiger partial charge in [-0.1, -0.05) is 45.0 Å². The Hall–Kier alpha value is -1.15. The summed E-state index contributed by atoms with van der Waals surface area (Å²) in [7, 11) is 0. The Morgan fingerprint density at radius 3 is 2.26 bits per heavy atom. The third kappa shape index (κ3) is 3.44. The normalized spacial score (nSPS) is 17.3. The van der Waals surface area contributed by atoms with Crippen LogP contribution in [-0.4, -0.2) is 18.5 Å². The maximum Gasteiger partial charge on any atom is 0.191 e. The summed E-state index contributed by atoms with van der Waals surface area (Å²) >= 11 is 0. The Labute approximate surface area is 116 Å². The van der Waals surface area contributed by atoms with E-state index in [-0.39, 0.29) is 17.3 Å². The van der Waals surface area contributed by atoms with Gasteiger partial charge < -0.3 is 4.74 Å². The summed E-state index contributed by atoms with van der Waals surface area (Å²) in [6, 6.07) is 8.00. The van der Waals surface area contributed by atoms with E-state index in [9.17, 15) is 4.79 Å². The largest absolute Gasteiger partial charge is 0.370 e. The van der Waals surface area contributed by atoms with Gasteiger partial charge in [0.25, 0.3) is 0 Å². The first-order chi connectivity index (χ1) is 8.93. The molecule has 0 spiro atoms. The van der Waals surface area contributed by atoms with Gasteiger partial charge in [-0.2, -0.15) is 0 Å². The van der Waals surface area contributed by atoms with Gasteiger partial charge in [-0.3, -0.25) is 4.79 Å². The van der Waals surface area contributed by atoms with E-state index in [4.69, 9.17) is 4.74 Å². The molecule has 2 heteroatoms. The fourth-order valence-corrected chi connectivity index (χ4v) is 2.30. The molecule has 2 rings (SSSR count). The fourth-order valence-electron chi connectivity index (χ4n) is 2.30. The van der Waals surface area contributed by atoms with Crippen molar-refractivity contribution >= 4 is 5.78 Å². The Balaban J connectivity index is 2.14. The molecule has 1 aromatic carbocycles. The summed E-state index contributed by atoms with van der Waals surface area (Å²) in [6.45, 7) is 9.09. The lowest BCUT2D eigenvalue weighted by atomic mass is 9.86. The second kappa shape index (κ2) is 5.46. The molecule has 0 bridgehead atoms. The van der Waals surface area contributed by atoms with E-state index in [1.54, 1.807) is 0 Å². The Bertz CT molecular complexity index is 435. The lowest BCUT2D eigenvalue weighted by Gasteiger charge is -2.20. The first-order valence-corrected chi connectivity index (χ1v) is 7.20. The van der Waals surface area contributed by atoms with Gasteiger partial charge in [-0.15, -0.1) is 0 Å². The van der Waals surface area contributed by atoms with Crippen molar-refractivity contribution in [2.75, 3.05) is 6.61 Å². The average molecular weight is 260 g/mol. The third-order valence-electron chi connectivity index (χ3n) is 3.69. The average Bonchev–Trinajstić information content (AvgIpc) is 3.18. The number of hydrogen-bond acceptors (Lipinski definition) is 2. The molecule has 0 saturated heterocycles. The molecule has 0 amide bonds. The number of hydrogen-bond donors (Lipinski definition) is 0. The molecule has 1 aromatic rings. The Kier molecular flexibility index (Phi) is 4.10. The number of ether oxygens (including phenoxy) is 1. The summed E-state index contributed by atoms with van der Waals surface area (Å²) in [5, 5.41) is 0. The number of rotatable bonds is 5. The number of carbonyl (C=O) groups excluding carboxylic acids is 1. The van der Waals surface area contributed by atoms with Crippen molar-refractivity contribution in [3.05, 3.63) is 35.4 Å². The van der Waals surface area contributed by atoms with Gasteiger partial charge in [-0.25, -0.2) is 0 Å². The molecule has 1 aliphatic carbocycles. The fraction of sp³-hybridized carbons (Fsp3) is 0.588. The van der Waals surface area contributed by atoms with Crippen LogP contribution in [0.5, 0.6) is 0 Å². The van der Waals surface area contributed by atoms with Crippen LogP contribution in [-0.2, 0) is 10.2 Å². The highest BCUT2D eigenvalue weighted by molar-refractivity contribution is 5.99. The molecule has 1 atom stereocenters. The SMILES string of the molecule is CCOC(C(=O)c1ccc(C(C)(C)C)cc1)C1CC1. The first-order valence-electron chi connectivity index (χ1n) is 7.20. The van der Waals surface area contributed by atoms with Gasteiger partial charge in [0.15, 0.2) is 5.78 Å². The van der Waals surface area contributed by atoms with Gasteiger partial charge in [-0.05, 0) is 36.7 Å². The molecule has 104 valence electrons. The molecular formula is C17H24O2. The summed E-state index contributed by atoms with van der Waals surface area (Å²) in [4.78, 5) is 12.5. The van der Waals surface area contributed by atoms with Crippen LogP contribution < -0.4 is 0 Å². The molecule has 1 aliphatic rings. The van der Waals surface area contributed by atoms with Crippen LogP contribution in [0.15, 0.2) is 24.3 Å². The second-order valence-electron chi connectivity index (χ2n) is 6.40. The molecule has 0 radical (unpaired) electrons. The minimum Gasteiger partial charge on any atom is -0.370 e. The zero-order valence-electron chi connectivity index (χ0n) is 12.4. The van der Waals surface area contributed by atoms with Crippen LogP contribution in [0.1, 0.15) is 56.5 Å². The Morgan fingerprint density at radius 2 is 1.84 bits per heavy atom. The monoisotopic (exact) mass is 260 g/mol. The predicted octanol–water partition coefficient (Wildman–Crippen LogP) is 3.98. The van der Waals surface area contributed by atoms with Crippen molar-refractivity contribution in [2.45, 2.75) is 52.1 Å². The van der Waals surface area contributed by atoms with E-state index < -0.39 is 0 Å². The summed E-state index contributed by atoms with van der Waals surface area (Å²) in [6.07, 6.45) is 2.01. The topological polar surface area (TPSA) is 26.3 Å². The van der Waals surface area contributed by atoms with Gasteiger partial charge in [0.05, 0.1) is 0 Å². The molecule has 0 aromatic heterocycles. The third-order valence-corrected chi connectivity index (χ3v) is 3.69. The molecule has 0 heterocycles. The number of carbonyl (C=O) groups is 1. The van der Waals surface area contributed by atoms with E-state index in [1.165, 1.54) is 5.56 Å². The van der Waals surface area contributed by atoms with Crippen molar-refractivity contribution in [3.63, 3.8) is 0 Å². The molecule has 19 heavy (non-hydrogen) atoms. The highest BCUT2D eigenvalue weighted by Crippen LogP contribution is 2.36. The minimum atomic E-state index is -0.231. The van der Waals surface area contributed by atoms with Crippen LogP contribution in [0.3, 0.4) is 0 Å². The standard InChI is InChI=1S/C17H24O2/c1-5-19-16(13-6-7-13)15(18)12-8-10-14(11-9-12)17(2,3)4/h8-11,13,16H,5-7H2,1-4H3. The first kappa shape index (κ1) is 14.3.